The van der Waals surface area contributed by atoms with Crippen molar-refractivity contribution in [3.05, 3.63) is 0 Å². The molecule has 0 aromatic heterocycles. The lowest BCUT2D eigenvalue weighted by atomic mass is 10.3. The third kappa shape index (κ3) is 2.15. The quantitative estimate of drug-likeness (QED) is 0.572. The molecule has 3 nitrogen and oxygen atoms in total. The Balaban J connectivity index is 2.41. The normalized spacial score (nSPS) is 29.2. The van der Waals surface area contributed by atoms with Crippen LogP contribution in [0.4, 0.5) is 0 Å². The van der Waals surface area contributed by atoms with Crippen molar-refractivity contribution in [2.75, 3.05) is 40.3 Å². The number of piperazine rings is 1. The van der Waals surface area contributed by atoms with Crippen LogP contribution in [0.1, 0.15) is 6.92 Å². The first-order valence-corrected chi connectivity index (χ1v) is 4.23. The monoisotopic (exact) mass is 158 g/mol. The smallest absolute Gasteiger partial charge is 0.123 e. The second-order valence-electron chi connectivity index (χ2n) is 3.08. The maximum atomic E-state index is 5.35. The highest BCUT2D eigenvalue weighted by molar-refractivity contribution is 4.72. The zero-order valence-corrected chi connectivity index (χ0v) is 7.71. The highest BCUT2D eigenvalue weighted by atomic mass is 16.5. The van der Waals surface area contributed by atoms with E-state index in [1.165, 1.54) is 0 Å². The molecule has 0 amide bonds. The summed E-state index contributed by atoms with van der Waals surface area (Å²) in [5.74, 6) is 0. The van der Waals surface area contributed by atoms with E-state index in [-0.39, 0.29) is 0 Å². The number of nitrogens with zero attached hydrogens (tertiary/aromatic N) is 2. The van der Waals surface area contributed by atoms with Gasteiger partial charge >= 0.3 is 0 Å². The van der Waals surface area contributed by atoms with Crippen LogP contribution in [0.5, 0.6) is 0 Å². The first-order valence-electron chi connectivity index (χ1n) is 4.23. The van der Waals surface area contributed by atoms with Crippen molar-refractivity contribution in [1.82, 2.24) is 9.80 Å². The van der Waals surface area contributed by atoms with Crippen molar-refractivity contribution in [3.63, 3.8) is 0 Å². The summed E-state index contributed by atoms with van der Waals surface area (Å²) >= 11 is 0. The molecule has 0 radical (unpaired) electrons. The van der Waals surface area contributed by atoms with E-state index in [4.69, 9.17) is 4.74 Å². The van der Waals surface area contributed by atoms with E-state index in [0.29, 0.717) is 6.23 Å². The van der Waals surface area contributed by atoms with Gasteiger partial charge in [0.15, 0.2) is 0 Å². The Hall–Kier alpha value is -0.120. The Bertz CT molecular complexity index is 119. The molecule has 1 saturated heterocycles. The minimum Gasteiger partial charge on any atom is -0.365 e. The molecular formula is C8H18N2O. The molecule has 1 atom stereocenters. The molecule has 0 N–H and O–H groups in total. The Labute approximate surface area is 68.9 Å². The van der Waals surface area contributed by atoms with Gasteiger partial charge in [0.25, 0.3) is 0 Å². The van der Waals surface area contributed by atoms with Gasteiger partial charge in [-0.25, -0.2) is 0 Å². The van der Waals surface area contributed by atoms with Gasteiger partial charge in [-0.2, -0.15) is 0 Å². The number of hydrogen-bond donors (Lipinski definition) is 0. The van der Waals surface area contributed by atoms with Gasteiger partial charge in [0.1, 0.15) is 6.23 Å². The SMILES string of the molecule is CCN1CCN(C)CC1OC. The van der Waals surface area contributed by atoms with Crippen LogP contribution in [0.25, 0.3) is 0 Å². The molecule has 0 saturated carbocycles. The van der Waals surface area contributed by atoms with E-state index >= 15 is 0 Å². The molecule has 11 heavy (non-hydrogen) atoms. The number of methoxy groups -OCH3 is 1. The molecule has 1 aliphatic rings. The van der Waals surface area contributed by atoms with E-state index in [0.717, 1.165) is 26.2 Å². The average Bonchev–Trinajstić information content (AvgIpc) is 2.04. The lowest BCUT2D eigenvalue weighted by Crippen LogP contribution is -2.52. The van der Waals surface area contributed by atoms with Crippen molar-refractivity contribution in [1.29, 1.82) is 0 Å². The molecule has 0 bridgehead atoms. The molecule has 1 unspecified atom stereocenters. The summed E-state index contributed by atoms with van der Waals surface area (Å²) in [4.78, 5) is 4.67. The molecular weight excluding hydrogens is 140 g/mol. The van der Waals surface area contributed by atoms with Gasteiger partial charge in [-0.3, -0.25) is 4.90 Å². The van der Waals surface area contributed by atoms with Gasteiger partial charge in [0.05, 0.1) is 0 Å². The Morgan fingerprint density at radius 3 is 2.73 bits per heavy atom. The Kier molecular flexibility index (Phi) is 3.30. The molecule has 0 aliphatic carbocycles. The zero-order valence-electron chi connectivity index (χ0n) is 7.71. The van der Waals surface area contributed by atoms with Gasteiger partial charge in [0.2, 0.25) is 0 Å². The van der Waals surface area contributed by atoms with E-state index in [9.17, 15) is 0 Å². The van der Waals surface area contributed by atoms with Gasteiger partial charge < -0.3 is 9.64 Å². The molecule has 0 aromatic rings. The van der Waals surface area contributed by atoms with Crippen LogP contribution in [0.3, 0.4) is 0 Å². The van der Waals surface area contributed by atoms with Crippen LogP contribution in [0, 0.1) is 0 Å². The number of rotatable bonds is 2. The van der Waals surface area contributed by atoms with Gasteiger partial charge in [-0.15, -0.1) is 0 Å². The lowest BCUT2D eigenvalue weighted by Gasteiger charge is -2.38. The minimum absolute atomic E-state index is 0.304. The molecule has 66 valence electrons. The fourth-order valence-electron chi connectivity index (χ4n) is 1.50. The van der Waals surface area contributed by atoms with Crippen LogP contribution in [-0.2, 0) is 4.74 Å². The highest BCUT2D eigenvalue weighted by Gasteiger charge is 2.22. The van der Waals surface area contributed by atoms with Crippen molar-refractivity contribution in [3.8, 4) is 0 Å². The molecule has 1 aliphatic heterocycles. The fourth-order valence-corrected chi connectivity index (χ4v) is 1.50. The van der Waals surface area contributed by atoms with Crippen molar-refractivity contribution < 1.29 is 4.74 Å². The van der Waals surface area contributed by atoms with Crippen LogP contribution in [-0.4, -0.2) is 56.4 Å². The average molecular weight is 158 g/mol. The summed E-state index contributed by atoms with van der Waals surface area (Å²) in [6.45, 7) is 6.59. The van der Waals surface area contributed by atoms with Gasteiger partial charge in [0, 0.05) is 26.7 Å². The van der Waals surface area contributed by atoms with Crippen molar-refractivity contribution in [2.45, 2.75) is 13.2 Å². The van der Waals surface area contributed by atoms with Crippen molar-refractivity contribution in [2.24, 2.45) is 0 Å². The van der Waals surface area contributed by atoms with Gasteiger partial charge in [-0.1, -0.05) is 6.92 Å². The molecule has 1 rings (SSSR count). The lowest BCUT2D eigenvalue weighted by molar-refractivity contribution is -0.0729. The highest BCUT2D eigenvalue weighted by Crippen LogP contribution is 2.07. The van der Waals surface area contributed by atoms with Crippen LogP contribution >= 0.6 is 0 Å². The first-order chi connectivity index (χ1) is 5.27. The summed E-state index contributed by atoms with van der Waals surface area (Å²) < 4.78 is 5.35. The summed E-state index contributed by atoms with van der Waals surface area (Å²) in [5.41, 5.74) is 0. The predicted octanol–water partition coefficient (Wildman–Crippen LogP) is 0.226. The summed E-state index contributed by atoms with van der Waals surface area (Å²) in [6.07, 6.45) is 0.304. The maximum absolute atomic E-state index is 5.35. The molecule has 3 heteroatoms. The van der Waals surface area contributed by atoms with Crippen LogP contribution < -0.4 is 0 Å². The van der Waals surface area contributed by atoms with E-state index in [2.05, 4.69) is 23.8 Å². The standard InChI is InChI=1S/C8H18N2O/c1-4-10-6-5-9(2)7-8(10)11-3/h8H,4-7H2,1-3H3. The predicted molar refractivity (Wildman–Crippen MR) is 45.5 cm³/mol. The fraction of sp³-hybridized carbons (Fsp3) is 1.00. The first kappa shape index (κ1) is 8.97. The second kappa shape index (κ2) is 4.04. The maximum Gasteiger partial charge on any atom is 0.123 e. The summed E-state index contributed by atoms with van der Waals surface area (Å²) in [7, 11) is 3.92. The van der Waals surface area contributed by atoms with E-state index < -0.39 is 0 Å². The third-order valence-corrected chi connectivity index (χ3v) is 2.32. The topological polar surface area (TPSA) is 15.7 Å². The molecule has 0 spiro atoms. The van der Waals surface area contributed by atoms with Crippen molar-refractivity contribution >= 4 is 0 Å². The largest absolute Gasteiger partial charge is 0.365 e. The summed E-state index contributed by atoms with van der Waals surface area (Å²) in [5, 5.41) is 0. The molecule has 1 fully saturated rings. The Morgan fingerprint density at radius 1 is 1.45 bits per heavy atom. The van der Waals surface area contributed by atoms with Crippen LogP contribution in [0.2, 0.25) is 0 Å². The zero-order chi connectivity index (χ0) is 8.27. The molecule has 0 aromatic carbocycles. The summed E-state index contributed by atoms with van der Waals surface area (Å²) in [6, 6.07) is 0. The van der Waals surface area contributed by atoms with E-state index in [1.807, 2.05) is 0 Å². The van der Waals surface area contributed by atoms with Gasteiger partial charge in [-0.05, 0) is 13.6 Å². The van der Waals surface area contributed by atoms with Crippen LogP contribution in [0.15, 0.2) is 0 Å². The second-order valence-corrected chi connectivity index (χ2v) is 3.08. The number of hydrogen-bond acceptors (Lipinski definition) is 3. The van der Waals surface area contributed by atoms with E-state index in [1.54, 1.807) is 7.11 Å². The third-order valence-electron chi connectivity index (χ3n) is 2.32. The Morgan fingerprint density at radius 2 is 2.18 bits per heavy atom. The minimum atomic E-state index is 0.304. The number of likely N-dealkylation sites (N-methyl/N-ethyl adjacent to an activating group) is 2. The molecule has 1 heterocycles. The number of ether oxygens (including phenoxy) is 1.